The van der Waals surface area contributed by atoms with Crippen LogP contribution in [0.2, 0.25) is 0 Å². The average Bonchev–Trinajstić information content (AvgIpc) is 2.86. The lowest BCUT2D eigenvalue weighted by molar-refractivity contribution is 0.664. The van der Waals surface area contributed by atoms with Crippen LogP contribution in [0.4, 0.5) is 0 Å². The van der Waals surface area contributed by atoms with Gasteiger partial charge < -0.3 is 4.42 Å². The first-order valence-electron chi connectivity index (χ1n) is 7.21. The van der Waals surface area contributed by atoms with E-state index < -0.39 is 0 Å². The zero-order valence-corrected chi connectivity index (χ0v) is 13.4. The molecular weight excluding hydrogens is 324 g/mol. The summed E-state index contributed by atoms with van der Waals surface area (Å²) in [5.74, 6) is 0.489. The summed E-state index contributed by atoms with van der Waals surface area (Å²) in [7, 11) is 0. The third kappa shape index (κ3) is 2.06. The molecule has 3 aromatic rings. The molecule has 0 fully saturated rings. The Morgan fingerprint density at radius 3 is 2.67 bits per heavy atom. The topological polar surface area (TPSA) is 13.1 Å². The van der Waals surface area contributed by atoms with Crippen LogP contribution in [0.1, 0.15) is 18.9 Å². The molecule has 1 unspecified atom stereocenters. The van der Waals surface area contributed by atoms with Gasteiger partial charge in [-0.15, -0.1) is 0 Å². The van der Waals surface area contributed by atoms with Gasteiger partial charge in [-0.2, -0.15) is 0 Å². The monoisotopic (exact) mass is 338 g/mol. The van der Waals surface area contributed by atoms with E-state index in [1.165, 1.54) is 26.4 Å². The summed E-state index contributed by atoms with van der Waals surface area (Å²) in [6, 6.07) is 14.7. The van der Waals surface area contributed by atoms with Crippen molar-refractivity contribution in [3.05, 3.63) is 64.7 Å². The summed E-state index contributed by atoms with van der Waals surface area (Å²) in [6.07, 6.45) is 5.40. The summed E-state index contributed by atoms with van der Waals surface area (Å²) >= 11 is 3.60. The molecule has 0 spiro atoms. The van der Waals surface area contributed by atoms with Gasteiger partial charge in [0.2, 0.25) is 0 Å². The first kappa shape index (κ1) is 12.9. The molecular formula is C19H15BrO. The van der Waals surface area contributed by atoms with Crippen molar-refractivity contribution in [1.82, 2.24) is 0 Å². The molecule has 0 aliphatic heterocycles. The maximum Gasteiger partial charge on any atom is 0.142 e. The van der Waals surface area contributed by atoms with Crippen LogP contribution < -0.4 is 0 Å². The zero-order valence-electron chi connectivity index (χ0n) is 11.8. The molecule has 1 nitrogen and oxygen atoms in total. The standard InChI is InChI=1S/C19H15BrO/c1-12-11-13(20)9-10-14(12)16-6-4-7-17-15-5-2-3-8-18(15)21-19(16)17/h2-10,12H,11H2,1H3. The van der Waals surface area contributed by atoms with E-state index in [0.29, 0.717) is 5.92 Å². The highest BCUT2D eigenvalue weighted by molar-refractivity contribution is 9.11. The van der Waals surface area contributed by atoms with Crippen LogP contribution in [0.3, 0.4) is 0 Å². The summed E-state index contributed by atoms with van der Waals surface area (Å²) in [5.41, 5.74) is 4.53. The van der Waals surface area contributed by atoms with Gasteiger partial charge in [-0.1, -0.05) is 71.4 Å². The van der Waals surface area contributed by atoms with Crippen molar-refractivity contribution in [2.24, 2.45) is 5.92 Å². The maximum absolute atomic E-state index is 6.14. The molecule has 0 radical (unpaired) electrons. The molecule has 0 bridgehead atoms. The second-order valence-corrected chi connectivity index (χ2v) is 6.64. The van der Waals surface area contributed by atoms with E-state index in [2.05, 4.69) is 65.3 Å². The number of fused-ring (bicyclic) bond motifs is 3. The van der Waals surface area contributed by atoms with Crippen LogP contribution in [0.5, 0.6) is 0 Å². The third-order valence-corrected chi connectivity index (χ3v) is 4.78. The second kappa shape index (κ2) is 4.88. The maximum atomic E-state index is 6.14. The van der Waals surface area contributed by atoms with E-state index in [0.717, 1.165) is 17.6 Å². The predicted molar refractivity (Wildman–Crippen MR) is 92.5 cm³/mol. The van der Waals surface area contributed by atoms with E-state index in [1.54, 1.807) is 0 Å². The summed E-state index contributed by atoms with van der Waals surface area (Å²) in [4.78, 5) is 0. The highest BCUT2D eigenvalue weighted by atomic mass is 79.9. The van der Waals surface area contributed by atoms with Gasteiger partial charge >= 0.3 is 0 Å². The fourth-order valence-electron chi connectivity index (χ4n) is 3.14. The minimum atomic E-state index is 0.489. The minimum Gasteiger partial charge on any atom is -0.455 e. The van der Waals surface area contributed by atoms with Gasteiger partial charge in [-0.3, -0.25) is 0 Å². The lowest BCUT2D eigenvalue weighted by Crippen LogP contribution is -2.02. The van der Waals surface area contributed by atoms with Gasteiger partial charge in [0.1, 0.15) is 11.2 Å². The zero-order chi connectivity index (χ0) is 14.4. The van der Waals surface area contributed by atoms with E-state index in [1.807, 2.05) is 12.1 Å². The first-order chi connectivity index (χ1) is 10.2. The first-order valence-corrected chi connectivity index (χ1v) is 8.00. The summed E-state index contributed by atoms with van der Waals surface area (Å²) in [5, 5.41) is 2.39. The van der Waals surface area contributed by atoms with Crippen molar-refractivity contribution in [1.29, 1.82) is 0 Å². The van der Waals surface area contributed by atoms with E-state index in [4.69, 9.17) is 4.42 Å². The molecule has 4 rings (SSSR count). The molecule has 0 saturated carbocycles. The fraction of sp³-hybridized carbons (Fsp3) is 0.158. The van der Waals surface area contributed by atoms with Crippen LogP contribution in [-0.2, 0) is 0 Å². The molecule has 0 amide bonds. The Morgan fingerprint density at radius 1 is 1.00 bits per heavy atom. The predicted octanol–water partition coefficient (Wildman–Crippen LogP) is 6.29. The van der Waals surface area contributed by atoms with Crippen LogP contribution in [-0.4, -0.2) is 0 Å². The third-order valence-electron chi connectivity index (χ3n) is 4.19. The number of furan rings is 1. The lowest BCUT2D eigenvalue weighted by Gasteiger charge is -2.19. The number of allylic oxidation sites excluding steroid dienone is 4. The summed E-state index contributed by atoms with van der Waals surface area (Å²) < 4.78 is 7.40. The molecule has 1 aliphatic carbocycles. The number of hydrogen-bond donors (Lipinski definition) is 0. The highest BCUT2D eigenvalue weighted by Gasteiger charge is 2.19. The molecule has 1 atom stereocenters. The van der Waals surface area contributed by atoms with Crippen molar-refractivity contribution in [3.8, 4) is 0 Å². The SMILES string of the molecule is CC1CC(Br)=CC=C1c1cccc2c1oc1ccccc12. The van der Waals surface area contributed by atoms with Crippen molar-refractivity contribution in [3.63, 3.8) is 0 Å². The number of halogens is 1. The Hall–Kier alpha value is -1.80. The van der Waals surface area contributed by atoms with Crippen LogP contribution in [0.25, 0.3) is 27.5 Å². The molecule has 2 aromatic carbocycles. The second-order valence-electron chi connectivity index (χ2n) is 5.62. The van der Waals surface area contributed by atoms with Crippen molar-refractivity contribution < 1.29 is 4.42 Å². The Balaban J connectivity index is 2.02. The lowest BCUT2D eigenvalue weighted by atomic mass is 9.87. The molecule has 104 valence electrons. The summed E-state index contributed by atoms with van der Waals surface area (Å²) in [6.45, 7) is 2.27. The normalized spacial score (nSPS) is 18.9. The molecule has 0 N–H and O–H groups in total. The van der Waals surface area contributed by atoms with Crippen molar-refractivity contribution in [2.45, 2.75) is 13.3 Å². The van der Waals surface area contributed by atoms with Gasteiger partial charge in [0.15, 0.2) is 0 Å². The fourth-order valence-corrected chi connectivity index (χ4v) is 3.76. The number of para-hydroxylation sites is 2. The molecule has 1 aromatic heterocycles. The Morgan fingerprint density at radius 2 is 1.81 bits per heavy atom. The quantitative estimate of drug-likeness (QED) is 0.508. The van der Waals surface area contributed by atoms with Crippen molar-refractivity contribution in [2.75, 3.05) is 0 Å². The van der Waals surface area contributed by atoms with Gasteiger partial charge in [-0.05, 0) is 28.5 Å². The van der Waals surface area contributed by atoms with E-state index in [-0.39, 0.29) is 0 Å². The Labute approximate surface area is 132 Å². The highest BCUT2D eigenvalue weighted by Crippen LogP contribution is 2.39. The van der Waals surface area contributed by atoms with Gasteiger partial charge in [0.25, 0.3) is 0 Å². The molecule has 21 heavy (non-hydrogen) atoms. The number of hydrogen-bond acceptors (Lipinski definition) is 1. The molecule has 1 aliphatic rings. The Kier molecular flexibility index (Phi) is 3.00. The van der Waals surface area contributed by atoms with Gasteiger partial charge in [0.05, 0.1) is 0 Å². The van der Waals surface area contributed by atoms with E-state index >= 15 is 0 Å². The van der Waals surface area contributed by atoms with Crippen LogP contribution in [0, 0.1) is 5.92 Å². The smallest absolute Gasteiger partial charge is 0.142 e. The average molecular weight is 339 g/mol. The van der Waals surface area contributed by atoms with Crippen LogP contribution >= 0.6 is 15.9 Å². The molecule has 2 heteroatoms. The van der Waals surface area contributed by atoms with Gasteiger partial charge in [-0.25, -0.2) is 0 Å². The number of benzene rings is 2. The molecule has 0 saturated heterocycles. The van der Waals surface area contributed by atoms with Crippen LogP contribution in [0.15, 0.2) is 63.5 Å². The van der Waals surface area contributed by atoms with Crippen molar-refractivity contribution >= 4 is 43.4 Å². The molecule has 1 heterocycles. The van der Waals surface area contributed by atoms with E-state index in [9.17, 15) is 0 Å². The number of rotatable bonds is 1. The Bertz CT molecular complexity index is 898. The van der Waals surface area contributed by atoms with Gasteiger partial charge in [0, 0.05) is 16.3 Å². The largest absolute Gasteiger partial charge is 0.455 e. The minimum absolute atomic E-state index is 0.489.